The van der Waals surface area contributed by atoms with Crippen molar-refractivity contribution in [2.75, 3.05) is 0 Å². The highest BCUT2D eigenvalue weighted by Gasteiger charge is 2.22. The van der Waals surface area contributed by atoms with E-state index in [2.05, 4.69) is 10.3 Å². The van der Waals surface area contributed by atoms with Crippen molar-refractivity contribution >= 4 is 5.91 Å². The third kappa shape index (κ3) is 3.74. The van der Waals surface area contributed by atoms with Gasteiger partial charge in [-0.05, 0) is 31.6 Å². The third-order valence-electron chi connectivity index (χ3n) is 3.00. The topological polar surface area (TPSA) is 42.0 Å². The first-order valence-corrected chi connectivity index (χ1v) is 6.24. The zero-order valence-electron chi connectivity index (χ0n) is 11.1. The lowest BCUT2D eigenvalue weighted by molar-refractivity contribution is -0.117. The summed E-state index contributed by atoms with van der Waals surface area (Å²) in [6.45, 7) is 3.82. The molecule has 1 unspecified atom stereocenters. The summed E-state index contributed by atoms with van der Waals surface area (Å²) in [5.41, 5.74) is 1.04. The Bertz CT molecular complexity index is 530. The van der Waals surface area contributed by atoms with Gasteiger partial charge < -0.3 is 5.32 Å². The van der Waals surface area contributed by atoms with Gasteiger partial charge in [0.25, 0.3) is 5.91 Å². The van der Waals surface area contributed by atoms with Crippen LogP contribution in [-0.2, 0) is 11.3 Å². The fourth-order valence-electron chi connectivity index (χ4n) is 1.75. The Morgan fingerprint density at radius 2 is 2.32 bits per heavy atom. The molecule has 4 heteroatoms. The van der Waals surface area contributed by atoms with Crippen LogP contribution in [0, 0.1) is 6.92 Å². The van der Waals surface area contributed by atoms with Crippen LogP contribution in [0.5, 0.6) is 0 Å². The highest BCUT2D eigenvalue weighted by molar-refractivity contribution is 5.96. The predicted molar refractivity (Wildman–Crippen MR) is 72.2 cm³/mol. The first kappa shape index (κ1) is 13.5. The number of hydrogen-bond donors (Lipinski definition) is 1. The van der Waals surface area contributed by atoms with Crippen LogP contribution in [0.3, 0.4) is 0 Å². The Labute approximate surface area is 112 Å². The molecule has 1 atom stereocenters. The van der Waals surface area contributed by atoms with Crippen molar-refractivity contribution in [1.29, 1.82) is 0 Å². The molecule has 0 bridgehead atoms. The number of nitrogens with one attached hydrogen (secondary N) is 1. The number of carbonyl (C=O) groups is 1. The summed E-state index contributed by atoms with van der Waals surface area (Å²) < 4.78 is 13.5. The summed E-state index contributed by atoms with van der Waals surface area (Å²) in [7, 11) is 0. The Morgan fingerprint density at radius 1 is 1.53 bits per heavy atom. The van der Waals surface area contributed by atoms with Gasteiger partial charge in [-0.2, -0.15) is 0 Å². The Morgan fingerprint density at radius 3 is 2.89 bits per heavy atom. The maximum absolute atomic E-state index is 13.5. The minimum atomic E-state index is -1.34. The SMILES string of the molecule is Cc1ccc(CNC(=O)C2=CCC(C)(F)C=C2)nc1. The minimum Gasteiger partial charge on any atom is -0.346 e. The second-order valence-corrected chi connectivity index (χ2v) is 4.98. The minimum absolute atomic E-state index is 0.200. The van der Waals surface area contributed by atoms with Crippen molar-refractivity contribution in [2.24, 2.45) is 0 Å². The molecular formula is C15H17FN2O. The molecule has 0 radical (unpaired) electrons. The molecule has 1 aliphatic carbocycles. The second-order valence-electron chi connectivity index (χ2n) is 4.98. The van der Waals surface area contributed by atoms with Crippen LogP contribution in [0.2, 0.25) is 0 Å². The van der Waals surface area contributed by atoms with Gasteiger partial charge in [-0.15, -0.1) is 0 Å². The van der Waals surface area contributed by atoms with Crippen molar-refractivity contribution in [1.82, 2.24) is 10.3 Å². The number of alkyl halides is 1. The van der Waals surface area contributed by atoms with Gasteiger partial charge in [0, 0.05) is 18.2 Å². The molecular weight excluding hydrogens is 243 g/mol. The van der Waals surface area contributed by atoms with Crippen molar-refractivity contribution in [2.45, 2.75) is 32.5 Å². The summed E-state index contributed by atoms with van der Waals surface area (Å²) in [5.74, 6) is -0.200. The quantitative estimate of drug-likeness (QED) is 0.907. The molecule has 0 fully saturated rings. The van der Waals surface area contributed by atoms with Gasteiger partial charge in [-0.25, -0.2) is 4.39 Å². The second kappa shape index (κ2) is 5.34. The zero-order chi connectivity index (χ0) is 13.9. The number of hydrogen-bond acceptors (Lipinski definition) is 2. The van der Waals surface area contributed by atoms with E-state index in [0.717, 1.165) is 11.3 Å². The number of aromatic nitrogens is 1. The van der Waals surface area contributed by atoms with Gasteiger partial charge in [0.05, 0.1) is 12.2 Å². The Kier molecular flexibility index (Phi) is 3.79. The van der Waals surface area contributed by atoms with Gasteiger partial charge in [0.1, 0.15) is 5.67 Å². The normalized spacial score (nSPS) is 21.9. The largest absolute Gasteiger partial charge is 0.346 e. The molecule has 0 spiro atoms. The lowest BCUT2D eigenvalue weighted by Gasteiger charge is -2.18. The standard InChI is InChI=1S/C15H17FN2O/c1-11-3-4-13(17-9-11)10-18-14(19)12-5-7-15(2,16)8-6-12/h3-7,9H,8,10H2,1-2H3,(H,18,19). The average molecular weight is 260 g/mol. The molecule has 2 rings (SSSR count). The lowest BCUT2D eigenvalue weighted by atomic mass is 9.95. The van der Waals surface area contributed by atoms with Crippen molar-refractivity contribution < 1.29 is 9.18 Å². The first-order valence-electron chi connectivity index (χ1n) is 6.24. The predicted octanol–water partition coefficient (Wildman–Crippen LogP) is 2.62. The molecule has 0 saturated heterocycles. The number of amides is 1. The van der Waals surface area contributed by atoms with E-state index in [4.69, 9.17) is 0 Å². The molecule has 1 aromatic heterocycles. The molecule has 19 heavy (non-hydrogen) atoms. The summed E-state index contributed by atoms with van der Waals surface area (Å²) in [6, 6.07) is 3.82. The number of halogens is 1. The summed E-state index contributed by atoms with van der Waals surface area (Å²) in [5, 5.41) is 2.77. The Hall–Kier alpha value is -1.97. The maximum Gasteiger partial charge on any atom is 0.251 e. The van der Waals surface area contributed by atoms with Crippen LogP contribution in [-0.4, -0.2) is 16.6 Å². The van der Waals surface area contributed by atoms with E-state index in [1.807, 2.05) is 19.1 Å². The molecule has 0 aliphatic heterocycles. The van der Waals surface area contributed by atoms with E-state index in [1.54, 1.807) is 12.3 Å². The zero-order valence-corrected chi connectivity index (χ0v) is 11.1. The van der Waals surface area contributed by atoms with Gasteiger partial charge in [0.15, 0.2) is 0 Å². The monoisotopic (exact) mass is 260 g/mol. The van der Waals surface area contributed by atoms with Crippen LogP contribution in [0.25, 0.3) is 0 Å². The Balaban J connectivity index is 1.91. The molecule has 0 aromatic carbocycles. The van der Waals surface area contributed by atoms with Crippen LogP contribution in [0.15, 0.2) is 42.1 Å². The van der Waals surface area contributed by atoms with Crippen LogP contribution < -0.4 is 5.32 Å². The van der Waals surface area contributed by atoms with Crippen molar-refractivity contribution in [3.8, 4) is 0 Å². The number of rotatable bonds is 3. The fraction of sp³-hybridized carbons (Fsp3) is 0.333. The molecule has 1 amide bonds. The fourth-order valence-corrected chi connectivity index (χ4v) is 1.75. The number of carbonyl (C=O) groups excluding carboxylic acids is 1. The van der Waals surface area contributed by atoms with Gasteiger partial charge in [-0.1, -0.05) is 18.2 Å². The smallest absolute Gasteiger partial charge is 0.251 e. The average Bonchev–Trinajstić information content (AvgIpc) is 2.37. The van der Waals surface area contributed by atoms with Gasteiger partial charge in [-0.3, -0.25) is 9.78 Å². The van der Waals surface area contributed by atoms with E-state index in [1.165, 1.54) is 19.1 Å². The van der Waals surface area contributed by atoms with Gasteiger partial charge in [0.2, 0.25) is 0 Å². The summed E-state index contributed by atoms with van der Waals surface area (Å²) in [6.07, 6.45) is 6.57. The highest BCUT2D eigenvalue weighted by atomic mass is 19.1. The van der Waals surface area contributed by atoms with Crippen LogP contribution >= 0.6 is 0 Å². The van der Waals surface area contributed by atoms with E-state index in [9.17, 15) is 9.18 Å². The van der Waals surface area contributed by atoms with E-state index >= 15 is 0 Å². The van der Waals surface area contributed by atoms with E-state index in [-0.39, 0.29) is 12.3 Å². The van der Waals surface area contributed by atoms with E-state index in [0.29, 0.717) is 12.1 Å². The van der Waals surface area contributed by atoms with Crippen LogP contribution in [0.1, 0.15) is 24.6 Å². The molecule has 1 heterocycles. The van der Waals surface area contributed by atoms with Crippen molar-refractivity contribution in [3.05, 3.63) is 53.4 Å². The van der Waals surface area contributed by atoms with Gasteiger partial charge >= 0.3 is 0 Å². The molecule has 0 saturated carbocycles. The number of pyridine rings is 1. The first-order chi connectivity index (χ1) is 8.96. The van der Waals surface area contributed by atoms with Crippen LogP contribution in [0.4, 0.5) is 4.39 Å². The number of allylic oxidation sites excluding steroid dienone is 2. The highest BCUT2D eigenvalue weighted by Crippen LogP contribution is 2.24. The molecule has 1 N–H and O–H groups in total. The number of nitrogens with zero attached hydrogens (tertiary/aromatic N) is 1. The maximum atomic E-state index is 13.5. The molecule has 100 valence electrons. The summed E-state index contributed by atoms with van der Waals surface area (Å²) >= 11 is 0. The van der Waals surface area contributed by atoms with Crippen molar-refractivity contribution in [3.63, 3.8) is 0 Å². The lowest BCUT2D eigenvalue weighted by Crippen LogP contribution is -2.26. The summed E-state index contributed by atoms with van der Waals surface area (Å²) in [4.78, 5) is 16.1. The number of aryl methyl sites for hydroxylation is 1. The van der Waals surface area contributed by atoms with E-state index < -0.39 is 5.67 Å². The molecule has 1 aliphatic rings. The molecule has 3 nitrogen and oxygen atoms in total. The third-order valence-corrected chi connectivity index (χ3v) is 3.00. The molecule has 1 aromatic rings.